The monoisotopic (exact) mass is 468 g/mol. The fraction of sp³-hybridized carbons (Fsp3) is 0.105. The van der Waals surface area contributed by atoms with E-state index in [0.29, 0.717) is 22.1 Å². The lowest BCUT2D eigenvalue weighted by molar-refractivity contribution is 0.436. The molecule has 3 aromatic rings. The highest BCUT2D eigenvalue weighted by atomic mass is 79.9. The summed E-state index contributed by atoms with van der Waals surface area (Å²) in [7, 11) is -3.33. The summed E-state index contributed by atoms with van der Waals surface area (Å²) in [6, 6.07) is 12.6. The van der Waals surface area contributed by atoms with Crippen LogP contribution in [0.5, 0.6) is 11.5 Å². The number of rotatable bonds is 4. The van der Waals surface area contributed by atoms with Crippen LogP contribution in [0, 0.1) is 6.92 Å². The van der Waals surface area contributed by atoms with Crippen LogP contribution in [0.3, 0.4) is 0 Å². The van der Waals surface area contributed by atoms with Crippen molar-refractivity contribution >= 4 is 37.4 Å². The van der Waals surface area contributed by atoms with Crippen molar-refractivity contribution in [3.8, 4) is 22.8 Å². The normalized spacial score (nSPS) is 11.4. The van der Waals surface area contributed by atoms with Gasteiger partial charge < -0.3 is 9.15 Å². The van der Waals surface area contributed by atoms with Crippen LogP contribution in [0.25, 0.3) is 11.3 Å². The van der Waals surface area contributed by atoms with Gasteiger partial charge in [-0.3, -0.25) is 4.79 Å². The second-order valence-corrected chi connectivity index (χ2v) is 9.06. The molecule has 0 aliphatic rings. The summed E-state index contributed by atoms with van der Waals surface area (Å²) in [4.78, 5) is 12.9. The summed E-state index contributed by atoms with van der Waals surface area (Å²) < 4.78 is 35.1. The van der Waals surface area contributed by atoms with E-state index in [1.165, 1.54) is 12.1 Å². The Labute approximate surface area is 169 Å². The minimum atomic E-state index is -3.33. The Kier molecular flexibility index (Phi) is 5.46. The molecule has 0 N–H and O–H groups in total. The summed E-state index contributed by atoms with van der Waals surface area (Å²) in [5.74, 6) is 0.986. The molecule has 0 fully saturated rings. The van der Waals surface area contributed by atoms with E-state index < -0.39 is 9.84 Å². The van der Waals surface area contributed by atoms with E-state index in [1.54, 1.807) is 43.3 Å². The Morgan fingerprint density at radius 1 is 1.04 bits per heavy atom. The van der Waals surface area contributed by atoms with Gasteiger partial charge in [0, 0.05) is 16.8 Å². The topological polar surface area (TPSA) is 73.6 Å². The molecular weight excluding hydrogens is 456 g/mol. The molecule has 2 aromatic carbocycles. The van der Waals surface area contributed by atoms with E-state index in [4.69, 9.17) is 20.8 Å². The molecular formula is C19H14BrClO5S. The fourth-order valence-corrected chi connectivity index (χ4v) is 3.38. The van der Waals surface area contributed by atoms with Gasteiger partial charge in [0.1, 0.15) is 16.0 Å². The van der Waals surface area contributed by atoms with E-state index in [1.807, 2.05) is 0 Å². The number of hydrogen-bond acceptors (Lipinski definition) is 5. The predicted molar refractivity (Wildman–Crippen MR) is 107 cm³/mol. The second kappa shape index (κ2) is 7.50. The van der Waals surface area contributed by atoms with Crippen molar-refractivity contribution < 1.29 is 17.6 Å². The first-order chi connectivity index (χ1) is 12.7. The van der Waals surface area contributed by atoms with Gasteiger partial charge in [0.15, 0.2) is 15.6 Å². The van der Waals surface area contributed by atoms with Gasteiger partial charge in [-0.05, 0) is 71.4 Å². The van der Waals surface area contributed by atoms with Crippen LogP contribution in [0.15, 0.2) is 67.1 Å². The summed E-state index contributed by atoms with van der Waals surface area (Å²) >= 11 is 9.09. The van der Waals surface area contributed by atoms with Gasteiger partial charge in [-0.2, -0.15) is 0 Å². The molecule has 0 amide bonds. The number of benzene rings is 2. The minimum Gasteiger partial charge on any atom is -0.456 e. The second-order valence-electron chi connectivity index (χ2n) is 5.81. The molecule has 8 heteroatoms. The molecule has 1 aromatic heterocycles. The van der Waals surface area contributed by atoms with E-state index >= 15 is 0 Å². The molecule has 0 bridgehead atoms. The molecule has 0 saturated heterocycles. The van der Waals surface area contributed by atoms with Crippen molar-refractivity contribution in [1.29, 1.82) is 0 Å². The van der Waals surface area contributed by atoms with Crippen molar-refractivity contribution in [2.75, 3.05) is 6.26 Å². The maximum Gasteiger partial charge on any atom is 0.242 e. The van der Waals surface area contributed by atoms with E-state index in [9.17, 15) is 13.2 Å². The molecule has 140 valence electrons. The lowest BCUT2D eigenvalue weighted by atomic mass is 10.1. The predicted octanol–water partition coefficient (Wildman–Crippen LogP) is 5.23. The lowest BCUT2D eigenvalue weighted by Gasteiger charge is -2.12. The van der Waals surface area contributed by atoms with Crippen LogP contribution in [0.4, 0.5) is 0 Å². The molecule has 27 heavy (non-hydrogen) atoms. The molecule has 0 saturated carbocycles. The third kappa shape index (κ3) is 4.26. The number of sulfone groups is 1. The zero-order valence-corrected chi connectivity index (χ0v) is 17.5. The van der Waals surface area contributed by atoms with Gasteiger partial charge in [-0.25, -0.2) is 8.42 Å². The summed E-state index contributed by atoms with van der Waals surface area (Å²) in [5, 5.41) is 0.538. The molecule has 0 spiro atoms. The first-order valence-corrected chi connectivity index (χ1v) is 10.8. The summed E-state index contributed by atoms with van der Waals surface area (Å²) in [6.07, 6.45) is 1.13. The smallest absolute Gasteiger partial charge is 0.242 e. The molecule has 0 atom stereocenters. The molecule has 0 aliphatic heterocycles. The Balaban J connectivity index is 2.14. The van der Waals surface area contributed by atoms with Crippen molar-refractivity contribution in [2.24, 2.45) is 0 Å². The first kappa shape index (κ1) is 19.7. The highest BCUT2D eigenvalue weighted by molar-refractivity contribution is 9.10. The highest BCUT2D eigenvalue weighted by Gasteiger charge is 2.20. The number of halogens is 2. The standard InChI is InChI=1S/C19H14BrClO5S/c1-11-16(20)17(22)19(26-14-7-5-13(21)6-8-14)18(25-11)12-3-9-15(10-4-12)27(2,23)24/h3-10H,1-2H3. The van der Waals surface area contributed by atoms with Crippen LogP contribution >= 0.6 is 27.5 Å². The third-order valence-electron chi connectivity index (χ3n) is 3.75. The van der Waals surface area contributed by atoms with Gasteiger partial charge in [-0.1, -0.05) is 11.6 Å². The maximum atomic E-state index is 12.7. The van der Waals surface area contributed by atoms with Gasteiger partial charge in [0.25, 0.3) is 0 Å². The molecule has 3 rings (SSSR count). The van der Waals surface area contributed by atoms with Crippen LogP contribution in [0.1, 0.15) is 5.76 Å². The zero-order valence-electron chi connectivity index (χ0n) is 14.3. The van der Waals surface area contributed by atoms with E-state index in [-0.39, 0.29) is 26.3 Å². The molecule has 5 nitrogen and oxygen atoms in total. The van der Waals surface area contributed by atoms with E-state index in [0.717, 1.165) is 6.26 Å². The zero-order chi connectivity index (χ0) is 19.8. The number of hydrogen-bond donors (Lipinski definition) is 0. The van der Waals surface area contributed by atoms with Gasteiger partial charge in [0.2, 0.25) is 11.2 Å². The number of ether oxygens (including phenoxy) is 1. The van der Waals surface area contributed by atoms with Gasteiger partial charge >= 0.3 is 0 Å². The minimum absolute atomic E-state index is 0.0121. The molecule has 0 radical (unpaired) electrons. The van der Waals surface area contributed by atoms with Crippen molar-refractivity contribution in [2.45, 2.75) is 11.8 Å². The summed E-state index contributed by atoms with van der Waals surface area (Å²) in [6.45, 7) is 1.64. The SMILES string of the molecule is Cc1oc(-c2ccc(S(C)(=O)=O)cc2)c(Oc2ccc(Cl)cc2)c(=O)c1Br. The lowest BCUT2D eigenvalue weighted by Crippen LogP contribution is -2.09. The van der Waals surface area contributed by atoms with Crippen LogP contribution < -0.4 is 10.2 Å². The van der Waals surface area contributed by atoms with Crippen molar-refractivity contribution in [3.05, 3.63) is 74.0 Å². The Morgan fingerprint density at radius 3 is 2.19 bits per heavy atom. The Morgan fingerprint density at radius 2 is 1.63 bits per heavy atom. The molecule has 1 heterocycles. The van der Waals surface area contributed by atoms with Gasteiger partial charge in [-0.15, -0.1) is 0 Å². The Hall–Kier alpha value is -2.09. The highest BCUT2D eigenvalue weighted by Crippen LogP contribution is 2.34. The first-order valence-electron chi connectivity index (χ1n) is 7.74. The fourth-order valence-electron chi connectivity index (χ4n) is 2.36. The van der Waals surface area contributed by atoms with Crippen molar-refractivity contribution in [3.63, 3.8) is 0 Å². The van der Waals surface area contributed by atoms with Gasteiger partial charge in [0.05, 0.1) is 4.90 Å². The largest absolute Gasteiger partial charge is 0.456 e. The average Bonchev–Trinajstić information content (AvgIpc) is 2.63. The van der Waals surface area contributed by atoms with Crippen LogP contribution in [-0.2, 0) is 9.84 Å². The van der Waals surface area contributed by atoms with Crippen LogP contribution in [0.2, 0.25) is 5.02 Å². The number of aryl methyl sites for hydroxylation is 1. The average molecular weight is 470 g/mol. The van der Waals surface area contributed by atoms with Crippen LogP contribution in [-0.4, -0.2) is 14.7 Å². The third-order valence-corrected chi connectivity index (χ3v) is 6.05. The molecule has 0 aliphatic carbocycles. The Bertz CT molecular complexity index is 1150. The maximum absolute atomic E-state index is 12.7. The quantitative estimate of drug-likeness (QED) is 0.523. The van der Waals surface area contributed by atoms with E-state index in [2.05, 4.69) is 15.9 Å². The molecule has 0 unspecified atom stereocenters. The summed E-state index contributed by atoms with van der Waals surface area (Å²) in [5.41, 5.74) is 0.134. The van der Waals surface area contributed by atoms with Crippen molar-refractivity contribution in [1.82, 2.24) is 0 Å².